The van der Waals surface area contributed by atoms with Gasteiger partial charge in [-0.3, -0.25) is 4.79 Å². The monoisotopic (exact) mass is 220 g/mol. The summed E-state index contributed by atoms with van der Waals surface area (Å²) in [4.78, 5) is 12.3. The van der Waals surface area contributed by atoms with Gasteiger partial charge in [-0.05, 0) is 43.4 Å². The van der Waals surface area contributed by atoms with Crippen molar-refractivity contribution < 1.29 is 4.79 Å². The second-order valence-corrected chi connectivity index (χ2v) is 6.35. The number of hydrogen-bond donors (Lipinski definition) is 0. The number of Topliss-reactive ketones (excluding diaryl/α,β-unsaturated/α-hetero) is 1. The van der Waals surface area contributed by atoms with E-state index in [4.69, 9.17) is 0 Å². The summed E-state index contributed by atoms with van der Waals surface area (Å²) in [6, 6.07) is 0. The second kappa shape index (κ2) is 4.01. The van der Waals surface area contributed by atoms with Gasteiger partial charge in [-0.2, -0.15) is 0 Å². The van der Waals surface area contributed by atoms with Gasteiger partial charge in [0.2, 0.25) is 0 Å². The largest absolute Gasteiger partial charge is 0.299 e. The molecule has 0 radical (unpaired) electrons. The summed E-state index contributed by atoms with van der Waals surface area (Å²) >= 11 is 0. The molecule has 90 valence electrons. The molecule has 1 nitrogen and oxygen atoms in total. The van der Waals surface area contributed by atoms with Crippen molar-refractivity contribution in [1.82, 2.24) is 0 Å². The van der Waals surface area contributed by atoms with Crippen LogP contribution in [0.1, 0.15) is 52.9 Å². The summed E-state index contributed by atoms with van der Waals surface area (Å²) in [5.41, 5.74) is 1.27. The molecule has 0 bridgehead atoms. The van der Waals surface area contributed by atoms with Crippen LogP contribution in [0.25, 0.3) is 0 Å². The van der Waals surface area contributed by atoms with E-state index in [1.807, 2.05) is 0 Å². The average Bonchev–Trinajstić information content (AvgIpc) is 2.49. The minimum atomic E-state index is -0.0334. The van der Waals surface area contributed by atoms with Gasteiger partial charge in [-0.1, -0.05) is 32.9 Å². The van der Waals surface area contributed by atoms with E-state index >= 15 is 0 Å². The number of allylic oxidation sites excluding steroid dienone is 1. The third kappa shape index (κ3) is 1.74. The molecular weight excluding hydrogens is 196 g/mol. The summed E-state index contributed by atoms with van der Waals surface area (Å²) in [5, 5.41) is 0. The predicted octanol–water partition coefficient (Wildman–Crippen LogP) is 3.98. The maximum absolute atomic E-state index is 12.3. The molecule has 0 aromatic rings. The Kier molecular flexibility index (Phi) is 2.98. The van der Waals surface area contributed by atoms with Crippen molar-refractivity contribution in [2.24, 2.45) is 23.2 Å². The van der Waals surface area contributed by atoms with Crippen molar-refractivity contribution >= 4 is 5.78 Å². The van der Waals surface area contributed by atoms with E-state index < -0.39 is 0 Å². The van der Waals surface area contributed by atoms with E-state index in [0.717, 1.165) is 31.6 Å². The maximum atomic E-state index is 12.3. The Balaban J connectivity index is 2.31. The molecule has 16 heavy (non-hydrogen) atoms. The summed E-state index contributed by atoms with van der Waals surface area (Å²) < 4.78 is 0. The van der Waals surface area contributed by atoms with Gasteiger partial charge in [0.1, 0.15) is 5.78 Å². The Bertz CT molecular complexity index is 315. The number of hydrogen-bond acceptors (Lipinski definition) is 1. The van der Waals surface area contributed by atoms with Crippen LogP contribution in [0, 0.1) is 23.2 Å². The fourth-order valence-electron chi connectivity index (χ4n) is 3.84. The summed E-state index contributed by atoms with van der Waals surface area (Å²) in [7, 11) is 0. The standard InChI is InChI=1S/C15H24O/c1-10(2)12-7-8-15(4)13(12)9-11(3)5-6-14(15)16/h10,12-13H,3,5-9H2,1-2,4H3/t12-,13-,15+/m0/s1. The zero-order valence-corrected chi connectivity index (χ0v) is 10.9. The fourth-order valence-corrected chi connectivity index (χ4v) is 3.84. The van der Waals surface area contributed by atoms with Crippen LogP contribution in [0.5, 0.6) is 0 Å². The summed E-state index contributed by atoms with van der Waals surface area (Å²) in [5.74, 6) is 2.49. The number of ketones is 1. The molecule has 0 amide bonds. The highest BCUT2D eigenvalue weighted by molar-refractivity contribution is 5.85. The molecule has 2 fully saturated rings. The molecule has 2 aliphatic rings. The topological polar surface area (TPSA) is 17.1 Å². The van der Waals surface area contributed by atoms with Crippen LogP contribution in [0.3, 0.4) is 0 Å². The second-order valence-electron chi connectivity index (χ2n) is 6.35. The summed E-state index contributed by atoms with van der Waals surface area (Å²) in [6.07, 6.45) is 5.09. The lowest BCUT2D eigenvalue weighted by molar-refractivity contribution is -0.129. The third-order valence-electron chi connectivity index (χ3n) is 5.04. The van der Waals surface area contributed by atoms with Crippen LogP contribution in [0.2, 0.25) is 0 Å². The van der Waals surface area contributed by atoms with Gasteiger partial charge in [-0.15, -0.1) is 0 Å². The van der Waals surface area contributed by atoms with Crippen LogP contribution in [-0.2, 0) is 4.79 Å². The van der Waals surface area contributed by atoms with Crippen molar-refractivity contribution in [3.8, 4) is 0 Å². The first-order valence-corrected chi connectivity index (χ1v) is 6.65. The molecule has 0 aliphatic heterocycles. The molecule has 1 heteroatoms. The van der Waals surface area contributed by atoms with Crippen molar-refractivity contribution in [3.63, 3.8) is 0 Å². The normalized spacial score (nSPS) is 40.0. The van der Waals surface area contributed by atoms with E-state index in [-0.39, 0.29) is 5.41 Å². The van der Waals surface area contributed by atoms with Crippen LogP contribution in [0.15, 0.2) is 12.2 Å². The Morgan fingerprint density at radius 2 is 2.06 bits per heavy atom. The highest BCUT2D eigenvalue weighted by Crippen LogP contribution is 2.54. The molecule has 0 aromatic carbocycles. The SMILES string of the molecule is C=C1CCC(=O)[C@]2(C)CC[C@@H](C(C)C)[C@@H]2C1. The van der Waals surface area contributed by atoms with Crippen LogP contribution in [-0.4, -0.2) is 5.78 Å². The zero-order valence-electron chi connectivity index (χ0n) is 10.9. The van der Waals surface area contributed by atoms with E-state index in [2.05, 4.69) is 27.4 Å². The highest BCUT2D eigenvalue weighted by atomic mass is 16.1. The molecule has 0 unspecified atom stereocenters. The van der Waals surface area contributed by atoms with E-state index in [1.165, 1.54) is 12.0 Å². The number of carbonyl (C=O) groups excluding carboxylic acids is 1. The van der Waals surface area contributed by atoms with Gasteiger partial charge in [-0.25, -0.2) is 0 Å². The Morgan fingerprint density at radius 1 is 1.38 bits per heavy atom. The quantitative estimate of drug-likeness (QED) is 0.611. The lowest BCUT2D eigenvalue weighted by Gasteiger charge is -2.32. The molecule has 2 rings (SSSR count). The highest BCUT2D eigenvalue weighted by Gasteiger charge is 2.50. The van der Waals surface area contributed by atoms with E-state index in [9.17, 15) is 4.79 Å². The molecular formula is C15H24O. The van der Waals surface area contributed by atoms with E-state index in [1.54, 1.807) is 0 Å². The van der Waals surface area contributed by atoms with Crippen molar-refractivity contribution in [3.05, 3.63) is 12.2 Å². The predicted molar refractivity (Wildman–Crippen MR) is 67.2 cm³/mol. The molecule has 3 atom stereocenters. The fraction of sp³-hybridized carbons (Fsp3) is 0.800. The van der Waals surface area contributed by atoms with Crippen LogP contribution >= 0.6 is 0 Å². The smallest absolute Gasteiger partial charge is 0.139 e. The first-order valence-electron chi connectivity index (χ1n) is 6.65. The lowest BCUT2D eigenvalue weighted by Crippen LogP contribution is -2.33. The molecule has 0 saturated heterocycles. The number of fused-ring (bicyclic) bond motifs is 1. The lowest BCUT2D eigenvalue weighted by atomic mass is 9.70. The van der Waals surface area contributed by atoms with Gasteiger partial charge >= 0.3 is 0 Å². The molecule has 2 saturated carbocycles. The molecule has 2 aliphatic carbocycles. The number of carbonyl (C=O) groups is 1. The van der Waals surface area contributed by atoms with Crippen LogP contribution in [0.4, 0.5) is 0 Å². The van der Waals surface area contributed by atoms with Gasteiger partial charge in [0.15, 0.2) is 0 Å². The van der Waals surface area contributed by atoms with E-state index in [0.29, 0.717) is 17.6 Å². The Morgan fingerprint density at radius 3 is 2.69 bits per heavy atom. The van der Waals surface area contributed by atoms with Crippen LogP contribution < -0.4 is 0 Å². The Labute approximate surface area is 99.3 Å². The minimum Gasteiger partial charge on any atom is -0.299 e. The van der Waals surface area contributed by atoms with Crippen molar-refractivity contribution in [1.29, 1.82) is 0 Å². The zero-order chi connectivity index (χ0) is 11.9. The van der Waals surface area contributed by atoms with Gasteiger partial charge < -0.3 is 0 Å². The number of rotatable bonds is 1. The maximum Gasteiger partial charge on any atom is 0.139 e. The van der Waals surface area contributed by atoms with Gasteiger partial charge in [0.25, 0.3) is 0 Å². The van der Waals surface area contributed by atoms with Crippen molar-refractivity contribution in [2.75, 3.05) is 0 Å². The molecule has 0 heterocycles. The minimum absolute atomic E-state index is 0.0334. The molecule has 0 N–H and O–H groups in total. The third-order valence-corrected chi connectivity index (χ3v) is 5.04. The van der Waals surface area contributed by atoms with Crippen molar-refractivity contribution in [2.45, 2.75) is 52.9 Å². The molecule has 0 spiro atoms. The first-order chi connectivity index (χ1) is 7.45. The first kappa shape index (κ1) is 11.9. The van der Waals surface area contributed by atoms with Gasteiger partial charge in [0.05, 0.1) is 0 Å². The average molecular weight is 220 g/mol. The molecule has 0 aromatic heterocycles. The summed E-state index contributed by atoms with van der Waals surface area (Å²) in [6.45, 7) is 11.0. The van der Waals surface area contributed by atoms with Gasteiger partial charge in [0, 0.05) is 11.8 Å². The Hall–Kier alpha value is -0.590.